The van der Waals surface area contributed by atoms with Crippen LogP contribution in [0.1, 0.15) is 43.7 Å². The summed E-state index contributed by atoms with van der Waals surface area (Å²) in [7, 11) is 2.08. The summed E-state index contributed by atoms with van der Waals surface area (Å²) < 4.78 is 0. The molecule has 1 aromatic carbocycles. The zero-order valence-electron chi connectivity index (χ0n) is 16.5. The number of fused-ring (bicyclic) bond motifs is 2. The molecule has 1 saturated carbocycles. The van der Waals surface area contributed by atoms with E-state index in [1.165, 1.54) is 16.2 Å². The number of carbonyl (C=O) groups excluding carboxylic acids is 2. The number of hydrogen-bond donors (Lipinski definition) is 3. The molecule has 1 fully saturated rings. The van der Waals surface area contributed by atoms with Crippen LogP contribution in [0.15, 0.2) is 24.3 Å². The summed E-state index contributed by atoms with van der Waals surface area (Å²) in [5.41, 5.74) is 2.39. The maximum atomic E-state index is 12.7. The third-order valence-corrected chi connectivity index (χ3v) is 7.17. The first-order valence-electron chi connectivity index (χ1n) is 10.0. The molecule has 3 aromatic rings. The van der Waals surface area contributed by atoms with Gasteiger partial charge in [0.05, 0.1) is 5.69 Å². The van der Waals surface area contributed by atoms with E-state index in [0.29, 0.717) is 15.7 Å². The predicted molar refractivity (Wildman–Crippen MR) is 117 cm³/mol. The molecule has 0 radical (unpaired) electrons. The highest BCUT2D eigenvalue weighted by Gasteiger charge is 2.34. The Morgan fingerprint density at radius 3 is 2.73 bits per heavy atom. The Morgan fingerprint density at radius 1 is 1.20 bits per heavy atom. The summed E-state index contributed by atoms with van der Waals surface area (Å²) in [6.07, 6.45) is 2.56. The van der Waals surface area contributed by atoms with Crippen LogP contribution >= 0.6 is 22.9 Å². The van der Waals surface area contributed by atoms with Gasteiger partial charge in [-0.3, -0.25) is 9.59 Å². The minimum atomic E-state index is -0.181. The molecular weight excluding hydrogens is 422 g/mol. The number of benzene rings is 1. The fraction of sp³-hybridized carbons (Fsp3) is 0.381. The monoisotopic (exact) mass is 443 g/mol. The summed E-state index contributed by atoms with van der Waals surface area (Å²) in [5, 5.41) is 8.11. The Labute approximate surface area is 182 Å². The van der Waals surface area contributed by atoms with Crippen LogP contribution in [0.25, 0.3) is 10.9 Å². The van der Waals surface area contributed by atoms with Gasteiger partial charge >= 0.3 is 0 Å². The molecule has 0 saturated heterocycles. The largest absolute Gasteiger partial charge is 0.351 e. The SMILES string of the molecule is CN1CCc2nc(C(=O)NC3CCC3NC(=O)c3cc4cc(Cl)ccc4[nH]3)sc2C1. The molecule has 0 bridgehead atoms. The molecule has 2 atom stereocenters. The van der Waals surface area contributed by atoms with Crippen LogP contribution in [0, 0.1) is 0 Å². The molecule has 9 heteroatoms. The molecule has 1 aliphatic heterocycles. The van der Waals surface area contributed by atoms with Crippen LogP contribution in [0.3, 0.4) is 0 Å². The molecule has 7 nitrogen and oxygen atoms in total. The number of aromatic amines is 1. The average Bonchev–Trinajstić information content (AvgIpc) is 3.32. The van der Waals surface area contributed by atoms with E-state index in [-0.39, 0.29) is 23.9 Å². The van der Waals surface area contributed by atoms with Gasteiger partial charge in [-0.15, -0.1) is 11.3 Å². The Morgan fingerprint density at radius 2 is 1.97 bits per heavy atom. The Kier molecular flexibility index (Phi) is 5.00. The van der Waals surface area contributed by atoms with E-state index >= 15 is 0 Å². The van der Waals surface area contributed by atoms with Crippen molar-refractivity contribution in [2.24, 2.45) is 0 Å². The number of carbonyl (C=O) groups is 2. The van der Waals surface area contributed by atoms with Crippen molar-refractivity contribution in [3.63, 3.8) is 0 Å². The highest BCUT2D eigenvalue weighted by Crippen LogP contribution is 2.26. The Balaban J connectivity index is 1.22. The van der Waals surface area contributed by atoms with Gasteiger partial charge in [0.25, 0.3) is 11.8 Å². The molecule has 0 spiro atoms. The number of likely N-dealkylation sites (N-methyl/N-ethyl adjacent to an activating group) is 1. The van der Waals surface area contributed by atoms with E-state index in [4.69, 9.17) is 11.6 Å². The summed E-state index contributed by atoms with van der Waals surface area (Å²) >= 11 is 7.49. The van der Waals surface area contributed by atoms with Crippen molar-refractivity contribution in [1.29, 1.82) is 0 Å². The van der Waals surface area contributed by atoms with Crippen molar-refractivity contribution >= 4 is 45.7 Å². The Hall–Kier alpha value is -2.42. The van der Waals surface area contributed by atoms with Crippen LogP contribution in [0.2, 0.25) is 5.02 Å². The number of nitrogens with one attached hydrogen (secondary N) is 3. The van der Waals surface area contributed by atoms with Gasteiger partial charge in [0, 0.05) is 52.4 Å². The zero-order valence-corrected chi connectivity index (χ0v) is 18.1. The van der Waals surface area contributed by atoms with Gasteiger partial charge in [-0.1, -0.05) is 11.6 Å². The molecular formula is C21H22ClN5O2S. The van der Waals surface area contributed by atoms with Gasteiger partial charge in [-0.05, 0) is 44.2 Å². The second kappa shape index (κ2) is 7.68. The van der Waals surface area contributed by atoms with Crippen LogP contribution in [-0.4, -0.2) is 52.4 Å². The standard InChI is InChI=1S/C21H22ClN5O2S/c1-27-7-6-16-18(10-27)30-21(26-16)20(29)25-15-5-4-14(15)24-19(28)17-9-11-8-12(22)2-3-13(11)23-17/h2-3,8-9,14-15,23H,4-7,10H2,1H3,(H,24,28)(H,25,29). The molecule has 2 aliphatic rings. The predicted octanol–water partition coefficient (Wildman–Crippen LogP) is 2.96. The van der Waals surface area contributed by atoms with Gasteiger partial charge in [0.2, 0.25) is 0 Å². The van der Waals surface area contributed by atoms with E-state index < -0.39 is 0 Å². The van der Waals surface area contributed by atoms with Crippen molar-refractivity contribution in [2.45, 2.75) is 37.9 Å². The molecule has 2 unspecified atom stereocenters. The molecule has 5 rings (SSSR count). The molecule has 2 aromatic heterocycles. The van der Waals surface area contributed by atoms with Gasteiger partial charge in [-0.25, -0.2) is 4.98 Å². The number of nitrogens with zero attached hydrogens (tertiary/aromatic N) is 2. The van der Waals surface area contributed by atoms with E-state index in [2.05, 4.69) is 32.5 Å². The van der Waals surface area contributed by atoms with Crippen molar-refractivity contribution in [3.8, 4) is 0 Å². The second-order valence-electron chi connectivity index (χ2n) is 8.03. The van der Waals surface area contributed by atoms with Crippen molar-refractivity contribution in [3.05, 3.63) is 50.6 Å². The van der Waals surface area contributed by atoms with Gasteiger partial charge in [0.1, 0.15) is 5.69 Å². The molecule has 2 amide bonds. The number of rotatable bonds is 4. The zero-order chi connectivity index (χ0) is 20.8. The number of aromatic nitrogens is 2. The molecule has 30 heavy (non-hydrogen) atoms. The Bertz CT molecular complexity index is 1140. The maximum absolute atomic E-state index is 12.7. The fourth-order valence-corrected chi connectivity index (χ4v) is 5.24. The lowest BCUT2D eigenvalue weighted by Gasteiger charge is -2.37. The van der Waals surface area contributed by atoms with Gasteiger partial charge in [-0.2, -0.15) is 0 Å². The second-order valence-corrected chi connectivity index (χ2v) is 9.55. The first kappa shape index (κ1) is 19.5. The number of thiazole rings is 1. The lowest BCUT2D eigenvalue weighted by Crippen LogP contribution is -2.58. The molecule has 1 aliphatic carbocycles. The number of halogens is 1. The van der Waals surface area contributed by atoms with Crippen LogP contribution in [0.4, 0.5) is 0 Å². The quantitative estimate of drug-likeness (QED) is 0.578. The van der Waals surface area contributed by atoms with Gasteiger partial charge < -0.3 is 20.5 Å². The number of amides is 2. The summed E-state index contributed by atoms with van der Waals surface area (Å²) in [4.78, 5) is 36.4. The van der Waals surface area contributed by atoms with Crippen molar-refractivity contribution in [1.82, 2.24) is 25.5 Å². The van der Waals surface area contributed by atoms with Crippen LogP contribution in [-0.2, 0) is 13.0 Å². The highest BCUT2D eigenvalue weighted by molar-refractivity contribution is 7.13. The highest BCUT2D eigenvalue weighted by atomic mass is 35.5. The summed E-state index contributed by atoms with van der Waals surface area (Å²) in [6, 6.07) is 7.09. The first-order valence-corrected chi connectivity index (χ1v) is 11.2. The normalized spacial score (nSPS) is 21.1. The molecule has 3 N–H and O–H groups in total. The lowest BCUT2D eigenvalue weighted by atomic mass is 9.86. The minimum absolute atomic E-state index is 0.0797. The number of hydrogen-bond acceptors (Lipinski definition) is 5. The third-order valence-electron chi connectivity index (χ3n) is 5.85. The summed E-state index contributed by atoms with van der Waals surface area (Å²) in [6.45, 7) is 1.81. The summed E-state index contributed by atoms with van der Waals surface area (Å²) in [5.74, 6) is -0.333. The minimum Gasteiger partial charge on any atom is -0.351 e. The van der Waals surface area contributed by atoms with E-state index in [0.717, 1.165) is 48.9 Å². The third kappa shape index (κ3) is 3.71. The van der Waals surface area contributed by atoms with Crippen molar-refractivity contribution in [2.75, 3.05) is 13.6 Å². The van der Waals surface area contributed by atoms with Crippen LogP contribution in [0.5, 0.6) is 0 Å². The fourth-order valence-electron chi connectivity index (χ4n) is 3.97. The maximum Gasteiger partial charge on any atom is 0.280 e. The lowest BCUT2D eigenvalue weighted by molar-refractivity contribution is 0.0826. The number of H-pyrrole nitrogens is 1. The van der Waals surface area contributed by atoms with E-state index in [1.54, 1.807) is 12.1 Å². The van der Waals surface area contributed by atoms with E-state index in [1.807, 2.05) is 12.1 Å². The van der Waals surface area contributed by atoms with Crippen LogP contribution < -0.4 is 10.6 Å². The smallest absolute Gasteiger partial charge is 0.280 e. The average molecular weight is 444 g/mol. The van der Waals surface area contributed by atoms with Crippen molar-refractivity contribution < 1.29 is 9.59 Å². The van der Waals surface area contributed by atoms with E-state index in [9.17, 15) is 9.59 Å². The first-order chi connectivity index (χ1) is 14.5. The topological polar surface area (TPSA) is 90.1 Å². The molecule has 156 valence electrons. The molecule has 3 heterocycles. The van der Waals surface area contributed by atoms with Gasteiger partial charge in [0.15, 0.2) is 5.01 Å².